The van der Waals surface area contributed by atoms with Gasteiger partial charge in [-0.3, -0.25) is 14.4 Å². The number of hydrogen-bond donors (Lipinski definition) is 2. The molecule has 0 bridgehead atoms. The van der Waals surface area contributed by atoms with E-state index in [9.17, 15) is 14.4 Å². The number of hydrogen-bond acceptors (Lipinski definition) is 4. The maximum absolute atomic E-state index is 12.2. The Bertz CT molecular complexity index is 864. The molecule has 28 heavy (non-hydrogen) atoms. The molecule has 0 radical (unpaired) electrons. The summed E-state index contributed by atoms with van der Waals surface area (Å²) < 4.78 is 5.14. The zero-order valence-corrected chi connectivity index (χ0v) is 15.7. The summed E-state index contributed by atoms with van der Waals surface area (Å²) in [6.07, 6.45) is 1.42. The van der Waals surface area contributed by atoms with E-state index in [2.05, 4.69) is 10.6 Å². The molecule has 1 aliphatic heterocycles. The van der Waals surface area contributed by atoms with Gasteiger partial charge in [0.1, 0.15) is 5.75 Å². The van der Waals surface area contributed by atoms with Crippen LogP contribution in [0.25, 0.3) is 0 Å². The summed E-state index contributed by atoms with van der Waals surface area (Å²) in [4.78, 5) is 37.7. The Morgan fingerprint density at radius 3 is 2.57 bits per heavy atom. The van der Waals surface area contributed by atoms with E-state index in [1.807, 2.05) is 24.3 Å². The van der Waals surface area contributed by atoms with Gasteiger partial charge in [0.15, 0.2) is 0 Å². The largest absolute Gasteiger partial charge is 0.497 e. The minimum atomic E-state index is -0.337. The lowest BCUT2D eigenvalue weighted by Gasteiger charge is -2.15. The highest BCUT2D eigenvalue weighted by molar-refractivity contribution is 5.98. The number of nitrogens with one attached hydrogen (secondary N) is 2. The summed E-state index contributed by atoms with van der Waals surface area (Å²) in [6.45, 7) is 0.942. The number of methoxy groups -OCH3 is 1. The summed E-state index contributed by atoms with van der Waals surface area (Å²) in [5, 5.41) is 5.35. The number of carbonyl (C=O) groups is 3. The van der Waals surface area contributed by atoms with Gasteiger partial charge >= 0.3 is 0 Å². The second kappa shape index (κ2) is 9.03. The number of benzene rings is 2. The molecule has 2 aromatic rings. The zero-order valence-electron chi connectivity index (χ0n) is 15.7. The van der Waals surface area contributed by atoms with Crippen LogP contribution < -0.4 is 20.3 Å². The number of nitrogens with zero attached hydrogens (tertiary/aromatic N) is 1. The molecular weight excluding hydrogens is 358 g/mol. The van der Waals surface area contributed by atoms with Crippen molar-refractivity contribution in [3.05, 3.63) is 59.7 Å². The van der Waals surface area contributed by atoms with Gasteiger partial charge in [-0.1, -0.05) is 12.1 Å². The maximum atomic E-state index is 12.2. The standard InChI is InChI=1S/C21H23N3O4/c1-28-18-5-2-4-15(12-18)13-22-19(25)14-23-21(27)16-7-9-17(10-8-16)24-11-3-6-20(24)26/h2,4-5,7-10,12H,3,6,11,13-14H2,1H3,(H,22,25)(H,23,27). The van der Waals surface area contributed by atoms with Crippen LogP contribution in [0.5, 0.6) is 5.75 Å². The van der Waals surface area contributed by atoms with E-state index < -0.39 is 0 Å². The Morgan fingerprint density at radius 1 is 1.11 bits per heavy atom. The van der Waals surface area contributed by atoms with E-state index >= 15 is 0 Å². The van der Waals surface area contributed by atoms with Crippen molar-refractivity contribution in [3.63, 3.8) is 0 Å². The third-order valence-corrected chi connectivity index (χ3v) is 4.55. The Kier molecular flexibility index (Phi) is 6.26. The van der Waals surface area contributed by atoms with Gasteiger partial charge in [-0.05, 0) is 48.4 Å². The van der Waals surface area contributed by atoms with Crippen LogP contribution in [-0.2, 0) is 16.1 Å². The molecule has 0 spiro atoms. The van der Waals surface area contributed by atoms with Crippen molar-refractivity contribution in [1.29, 1.82) is 0 Å². The fourth-order valence-corrected chi connectivity index (χ4v) is 3.02. The van der Waals surface area contributed by atoms with E-state index in [1.54, 1.807) is 36.3 Å². The first-order chi connectivity index (χ1) is 13.6. The van der Waals surface area contributed by atoms with Gasteiger partial charge in [-0.15, -0.1) is 0 Å². The fraction of sp³-hybridized carbons (Fsp3) is 0.286. The predicted octanol–water partition coefficient (Wildman–Crippen LogP) is 1.87. The minimum Gasteiger partial charge on any atom is -0.497 e. The zero-order chi connectivity index (χ0) is 19.9. The SMILES string of the molecule is COc1cccc(CNC(=O)CNC(=O)c2ccc(N3CCCC3=O)cc2)c1. The number of carbonyl (C=O) groups excluding carboxylic acids is 3. The molecule has 1 heterocycles. The highest BCUT2D eigenvalue weighted by atomic mass is 16.5. The lowest BCUT2D eigenvalue weighted by atomic mass is 10.2. The number of anilines is 1. The van der Waals surface area contributed by atoms with E-state index in [0.717, 1.165) is 23.4 Å². The highest BCUT2D eigenvalue weighted by Gasteiger charge is 2.21. The van der Waals surface area contributed by atoms with Crippen molar-refractivity contribution in [3.8, 4) is 5.75 Å². The highest BCUT2D eigenvalue weighted by Crippen LogP contribution is 2.21. The number of rotatable bonds is 7. The summed E-state index contributed by atoms with van der Waals surface area (Å²) in [5.41, 5.74) is 2.14. The maximum Gasteiger partial charge on any atom is 0.251 e. The molecule has 0 saturated carbocycles. The lowest BCUT2D eigenvalue weighted by Crippen LogP contribution is -2.36. The quantitative estimate of drug-likeness (QED) is 0.766. The van der Waals surface area contributed by atoms with Gasteiger partial charge in [-0.2, -0.15) is 0 Å². The van der Waals surface area contributed by atoms with Crippen molar-refractivity contribution >= 4 is 23.4 Å². The van der Waals surface area contributed by atoms with Gasteiger partial charge < -0.3 is 20.3 Å². The summed E-state index contributed by atoms with van der Waals surface area (Å²) in [6, 6.07) is 14.2. The molecule has 1 fully saturated rings. The van der Waals surface area contributed by atoms with Crippen molar-refractivity contribution in [2.75, 3.05) is 25.1 Å². The first-order valence-electron chi connectivity index (χ1n) is 9.15. The van der Waals surface area contributed by atoms with Crippen molar-refractivity contribution in [1.82, 2.24) is 10.6 Å². The van der Waals surface area contributed by atoms with E-state index in [1.165, 1.54) is 0 Å². The van der Waals surface area contributed by atoms with Crippen LogP contribution in [-0.4, -0.2) is 37.9 Å². The van der Waals surface area contributed by atoms with Crippen LogP contribution in [0.3, 0.4) is 0 Å². The first-order valence-corrected chi connectivity index (χ1v) is 9.15. The van der Waals surface area contributed by atoms with Gasteiger partial charge in [0, 0.05) is 30.8 Å². The summed E-state index contributed by atoms with van der Waals surface area (Å²) in [5.74, 6) is 0.204. The second-order valence-corrected chi connectivity index (χ2v) is 6.51. The molecule has 3 amide bonds. The molecule has 2 aromatic carbocycles. The average Bonchev–Trinajstić information content (AvgIpc) is 3.16. The molecule has 7 nitrogen and oxygen atoms in total. The number of ether oxygens (including phenoxy) is 1. The molecular formula is C21H23N3O4. The van der Waals surface area contributed by atoms with E-state index in [4.69, 9.17) is 4.74 Å². The van der Waals surface area contributed by atoms with Crippen LogP contribution in [0, 0.1) is 0 Å². The second-order valence-electron chi connectivity index (χ2n) is 6.51. The van der Waals surface area contributed by atoms with Crippen LogP contribution in [0.1, 0.15) is 28.8 Å². The molecule has 7 heteroatoms. The molecule has 0 atom stereocenters. The van der Waals surface area contributed by atoms with Gasteiger partial charge in [0.2, 0.25) is 11.8 Å². The average molecular weight is 381 g/mol. The van der Waals surface area contributed by atoms with Crippen LogP contribution >= 0.6 is 0 Å². The molecule has 146 valence electrons. The van der Waals surface area contributed by atoms with Crippen molar-refractivity contribution < 1.29 is 19.1 Å². The fourth-order valence-electron chi connectivity index (χ4n) is 3.02. The normalized spacial score (nSPS) is 13.3. The topological polar surface area (TPSA) is 87.7 Å². The van der Waals surface area contributed by atoms with Gasteiger partial charge in [0.05, 0.1) is 13.7 Å². The Balaban J connectivity index is 1.46. The van der Waals surface area contributed by atoms with Crippen LogP contribution in [0.15, 0.2) is 48.5 Å². The van der Waals surface area contributed by atoms with Gasteiger partial charge in [0.25, 0.3) is 5.91 Å². The number of amides is 3. The summed E-state index contributed by atoms with van der Waals surface area (Å²) in [7, 11) is 1.59. The summed E-state index contributed by atoms with van der Waals surface area (Å²) >= 11 is 0. The third kappa shape index (κ3) is 4.88. The first kappa shape index (κ1) is 19.4. The molecule has 1 saturated heterocycles. The van der Waals surface area contributed by atoms with E-state index in [-0.39, 0.29) is 24.3 Å². The minimum absolute atomic E-state index is 0.102. The smallest absolute Gasteiger partial charge is 0.251 e. The molecule has 0 unspecified atom stereocenters. The van der Waals surface area contributed by atoms with Crippen LogP contribution in [0.4, 0.5) is 5.69 Å². The Morgan fingerprint density at radius 2 is 1.89 bits per heavy atom. The molecule has 0 aromatic heterocycles. The molecule has 3 rings (SSSR count). The van der Waals surface area contributed by atoms with E-state index in [0.29, 0.717) is 25.1 Å². The lowest BCUT2D eigenvalue weighted by molar-refractivity contribution is -0.120. The Labute approximate surface area is 163 Å². The van der Waals surface area contributed by atoms with Crippen LogP contribution in [0.2, 0.25) is 0 Å². The molecule has 2 N–H and O–H groups in total. The Hall–Kier alpha value is -3.35. The van der Waals surface area contributed by atoms with Gasteiger partial charge in [-0.25, -0.2) is 0 Å². The van der Waals surface area contributed by atoms with Crippen molar-refractivity contribution in [2.45, 2.75) is 19.4 Å². The van der Waals surface area contributed by atoms with Crippen molar-refractivity contribution in [2.24, 2.45) is 0 Å². The monoisotopic (exact) mass is 381 g/mol. The predicted molar refractivity (Wildman–Crippen MR) is 105 cm³/mol. The molecule has 1 aliphatic rings. The third-order valence-electron chi connectivity index (χ3n) is 4.55. The molecule has 0 aliphatic carbocycles.